The minimum absolute atomic E-state index is 0.0761. The SMILES string of the molecule is COc1cccc(-c2nc([C@@H]3CCOC3)no2)c1[N+](=O)[O-]. The topological polar surface area (TPSA) is 101 Å². The van der Waals surface area contributed by atoms with Gasteiger partial charge in [0.05, 0.1) is 18.6 Å². The van der Waals surface area contributed by atoms with Gasteiger partial charge in [-0.25, -0.2) is 0 Å². The number of ether oxygens (including phenoxy) is 2. The third-order valence-corrected chi connectivity index (χ3v) is 3.37. The van der Waals surface area contributed by atoms with E-state index in [1.54, 1.807) is 12.1 Å². The molecule has 1 aromatic carbocycles. The van der Waals surface area contributed by atoms with Gasteiger partial charge in [-0.1, -0.05) is 11.2 Å². The van der Waals surface area contributed by atoms with Crippen LogP contribution in [0.1, 0.15) is 18.2 Å². The predicted molar refractivity (Wildman–Crippen MR) is 71.1 cm³/mol. The standard InChI is InChI=1S/C13H13N3O5/c1-19-10-4-2-3-9(11(10)16(17)18)13-14-12(15-21-13)8-5-6-20-7-8/h2-4,8H,5-7H2,1H3/t8-/m1/s1. The van der Waals surface area contributed by atoms with E-state index in [2.05, 4.69) is 10.1 Å². The van der Waals surface area contributed by atoms with E-state index in [1.807, 2.05) is 0 Å². The average Bonchev–Trinajstić information content (AvgIpc) is 3.16. The highest BCUT2D eigenvalue weighted by Gasteiger charge is 2.28. The van der Waals surface area contributed by atoms with E-state index in [0.717, 1.165) is 6.42 Å². The van der Waals surface area contributed by atoms with Crippen molar-refractivity contribution in [3.8, 4) is 17.2 Å². The molecule has 8 nitrogen and oxygen atoms in total. The molecule has 2 heterocycles. The first-order valence-electron chi connectivity index (χ1n) is 6.44. The Labute approximate surface area is 119 Å². The van der Waals surface area contributed by atoms with Crippen molar-refractivity contribution in [1.82, 2.24) is 10.1 Å². The van der Waals surface area contributed by atoms with E-state index in [1.165, 1.54) is 13.2 Å². The molecule has 0 spiro atoms. The van der Waals surface area contributed by atoms with Gasteiger partial charge in [0.25, 0.3) is 5.89 Å². The highest BCUT2D eigenvalue weighted by atomic mass is 16.6. The molecule has 0 saturated carbocycles. The fourth-order valence-corrected chi connectivity index (χ4v) is 2.30. The van der Waals surface area contributed by atoms with Gasteiger partial charge in [0.15, 0.2) is 11.6 Å². The maximum atomic E-state index is 11.3. The molecule has 0 amide bonds. The van der Waals surface area contributed by atoms with Crippen molar-refractivity contribution in [1.29, 1.82) is 0 Å². The van der Waals surface area contributed by atoms with Gasteiger partial charge in [-0.05, 0) is 18.6 Å². The first-order chi connectivity index (χ1) is 10.2. The van der Waals surface area contributed by atoms with E-state index >= 15 is 0 Å². The Morgan fingerprint density at radius 3 is 3.00 bits per heavy atom. The molecule has 21 heavy (non-hydrogen) atoms. The van der Waals surface area contributed by atoms with Crippen LogP contribution in [0.15, 0.2) is 22.7 Å². The zero-order chi connectivity index (χ0) is 14.8. The maximum absolute atomic E-state index is 11.3. The predicted octanol–water partition coefficient (Wildman–Crippen LogP) is 2.16. The third-order valence-electron chi connectivity index (χ3n) is 3.37. The number of nitro groups is 1. The summed E-state index contributed by atoms with van der Waals surface area (Å²) in [5.74, 6) is 0.857. The first-order valence-corrected chi connectivity index (χ1v) is 6.44. The van der Waals surface area contributed by atoms with Crippen LogP contribution < -0.4 is 4.74 Å². The number of nitro benzene ring substituents is 1. The van der Waals surface area contributed by atoms with E-state index in [4.69, 9.17) is 14.0 Å². The number of hydrogen-bond donors (Lipinski definition) is 0. The number of aromatic nitrogens is 2. The number of rotatable bonds is 4. The summed E-state index contributed by atoms with van der Waals surface area (Å²) in [6.45, 7) is 1.20. The van der Waals surface area contributed by atoms with Crippen molar-refractivity contribution in [2.45, 2.75) is 12.3 Å². The normalized spacial score (nSPS) is 17.9. The lowest BCUT2D eigenvalue weighted by Gasteiger charge is -2.03. The Balaban J connectivity index is 2.02. The zero-order valence-electron chi connectivity index (χ0n) is 11.3. The molecule has 1 saturated heterocycles. The molecule has 1 aliphatic rings. The molecule has 0 aliphatic carbocycles. The van der Waals surface area contributed by atoms with Gasteiger partial charge in [-0.3, -0.25) is 10.1 Å². The summed E-state index contributed by atoms with van der Waals surface area (Å²) in [5, 5.41) is 15.2. The number of para-hydroxylation sites is 1. The summed E-state index contributed by atoms with van der Waals surface area (Å²) < 4.78 is 15.5. The molecule has 2 aromatic rings. The largest absolute Gasteiger partial charge is 0.490 e. The molecular weight excluding hydrogens is 278 g/mol. The molecule has 0 bridgehead atoms. The number of nitrogens with zero attached hydrogens (tertiary/aromatic N) is 3. The van der Waals surface area contributed by atoms with E-state index in [-0.39, 0.29) is 28.8 Å². The summed E-state index contributed by atoms with van der Waals surface area (Å²) in [5.41, 5.74) is 0.0647. The first kappa shape index (κ1) is 13.5. The lowest BCUT2D eigenvalue weighted by Crippen LogP contribution is -2.00. The van der Waals surface area contributed by atoms with Crippen molar-refractivity contribution < 1.29 is 18.9 Å². The highest BCUT2D eigenvalue weighted by molar-refractivity contribution is 5.72. The van der Waals surface area contributed by atoms with E-state index in [0.29, 0.717) is 19.0 Å². The molecule has 110 valence electrons. The van der Waals surface area contributed by atoms with Crippen molar-refractivity contribution in [2.75, 3.05) is 20.3 Å². The van der Waals surface area contributed by atoms with Crippen LogP contribution in [0.25, 0.3) is 11.5 Å². The third kappa shape index (κ3) is 2.45. The number of benzene rings is 1. The second-order valence-corrected chi connectivity index (χ2v) is 4.63. The molecule has 3 rings (SSSR count). The summed E-state index contributed by atoms with van der Waals surface area (Å²) >= 11 is 0. The van der Waals surface area contributed by atoms with Gasteiger partial charge >= 0.3 is 5.69 Å². The molecule has 0 unspecified atom stereocenters. The van der Waals surface area contributed by atoms with Gasteiger partial charge in [0.1, 0.15) is 5.56 Å². The fraction of sp³-hybridized carbons (Fsp3) is 0.385. The maximum Gasteiger partial charge on any atom is 0.323 e. The molecule has 1 aromatic heterocycles. The number of hydrogen-bond acceptors (Lipinski definition) is 7. The van der Waals surface area contributed by atoms with Crippen molar-refractivity contribution >= 4 is 5.69 Å². The average molecular weight is 291 g/mol. The van der Waals surface area contributed by atoms with Gasteiger partial charge < -0.3 is 14.0 Å². The summed E-state index contributed by atoms with van der Waals surface area (Å²) in [6, 6.07) is 4.72. The Bertz CT molecular complexity index is 664. The van der Waals surface area contributed by atoms with Gasteiger partial charge in [-0.15, -0.1) is 0 Å². The van der Waals surface area contributed by atoms with Crippen molar-refractivity contribution in [2.24, 2.45) is 0 Å². The van der Waals surface area contributed by atoms with Crippen LogP contribution in [0, 0.1) is 10.1 Å². The second kappa shape index (κ2) is 5.49. The Kier molecular flexibility index (Phi) is 3.53. The minimum Gasteiger partial charge on any atom is -0.490 e. The minimum atomic E-state index is -0.517. The smallest absolute Gasteiger partial charge is 0.323 e. The van der Waals surface area contributed by atoms with Crippen LogP contribution in [-0.2, 0) is 4.74 Å². The molecule has 0 radical (unpaired) electrons. The van der Waals surface area contributed by atoms with Crippen LogP contribution in [0.2, 0.25) is 0 Å². The molecule has 1 aliphatic heterocycles. The molecule has 8 heteroatoms. The number of methoxy groups -OCH3 is 1. The van der Waals surface area contributed by atoms with Crippen LogP contribution in [0.5, 0.6) is 5.75 Å². The lowest BCUT2D eigenvalue weighted by atomic mass is 10.1. The lowest BCUT2D eigenvalue weighted by molar-refractivity contribution is -0.385. The molecule has 1 fully saturated rings. The van der Waals surface area contributed by atoms with Crippen LogP contribution in [0.3, 0.4) is 0 Å². The van der Waals surface area contributed by atoms with E-state index < -0.39 is 4.92 Å². The van der Waals surface area contributed by atoms with Crippen LogP contribution in [0.4, 0.5) is 5.69 Å². The highest BCUT2D eigenvalue weighted by Crippen LogP contribution is 2.37. The zero-order valence-corrected chi connectivity index (χ0v) is 11.3. The van der Waals surface area contributed by atoms with Gasteiger partial charge in [0, 0.05) is 12.5 Å². The molecule has 1 atom stereocenters. The molecule has 0 N–H and O–H groups in total. The summed E-state index contributed by atoms with van der Waals surface area (Å²) in [7, 11) is 1.38. The van der Waals surface area contributed by atoms with Crippen molar-refractivity contribution in [3.05, 3.63) is 34.1 Å². The quantitative estimate of drug-likeness (QED) is 0.628. The van der Waals surface area contributed by atoms with E-state index in [9.17, 15) is 10.1 Å². The Morgan fingerprint density at radius 2 is 2.33 bits per heavy atom. The van der Waals surface area contributed by atoms with Gasteiger partial charge in [0.2, 0.25) is 0 Å². The monoisotopic (exact) mass is 291 g/mol. The van der Waals surface area contributed by atoms with Gasteiger partial charge in [-0.2, -0.15) is 4.98 Å². The Hall–Kier alpha value is -2.48. The Morgan fingerprint density at radius 1 is 1.48 bits per heavy atom. The fourth-order valence-electron chi connectivity index (χ4n) is 2.30. The summed E-state index contributed by atoms with van der Waals surface area (Å²) in [4.78, 5) is 15.0. The van der Waals surface area contributed by atoms with Crippen molar-refractivity contribution in [3.63, 3.8) is 0 Å². The second-order valence-electron chi connectivity index (χ2n) is 4.63. The molecular formula is C13H13N3O5. The summed E-state index contributed by atoms with van der Waals surface area (Å²) in [6.07, 6.45) is 0.819. The van der Waals surface area contributed by atoms with Crippen LogP contribution >= 0.6 is 0 Å². The van der Waals surface area contributed by atoms with Crippen LogP contribution in [-0.4, -0.2) is 35.4 Å².